The first-order valence-electron chi connectivity index (χ1n) is 8.24. The van der Waals surface area contributed by atoms with Crippen LogP contribution in [0.15, 0.2) is 41.4 Å². The summed E-state index contributed by atoms with van der Waals surface area (Å²) in [6, 6.07) is 7.06. The molecule has 0 spiro atoms. The zero-order chi connectivity index (χ0) is 20.2. The Hall–Kier alpha value is -2.72. The highest BCUT2D eigenvalue weighted by Crippen LogP contribution is 2.15. The van der Waals surface area contributed by atoms with E-state index >= 15 is 0 Å². The van der Waals surface area contributed by atoms with Crippen molar-refractivity contribution in [2.75, 3.05) is 12.4 Å². The van der Waals surface area contributed by atoms with Crippen LogP contribution in [0.3, 0.4) is 0 Å². The number of nitrogens with zero attached hydrogens (tertiary/aromatic N) is 2. The monoisotopic (exact) mass is 394 g/mol. The lowest BCUT2D eigenvalue weighted by atomic mass is 10.2. The van der Waals surface area contributed by atoms with Crippen molar-refractivity contribution < 1.29 is 22.7 Å². The molecule has 0 aliphatic heterocycles. The lowest BCUT2D eigenvalue weighted by molar-refractivity contribution is -0.123. The van der Waals surface area contributed by atoms with Crippen LogP contribution in [0.5, 0.6) is 0 Å². The number of hydrogen-bond donors (Lipinski definition) is 2. The second-order valence-electron chi connectivity index (χ2n) is 6.03. The Morgan fingerprint density at radius 1 is 1.19 bits per heavy atom. The van der Waals surface area contributed by atoms with E-state index in [1.807, 2.05) is 13.8 Å². The Balaban J connectivity index is 2.08. The highest BCUT2D eigenvalue weighted by atomic mass is 32.2. The van der Waals surface area contributed by atoms with Crippen LogP contribution in [0.2, 0.25) is 0 Å². The van der Waals surface area contributed by atoms with Gasteiger partial charge < -0.3 is 10.1 Å². The van der Waals surface area contributed by atoms with Crippen molar-refractivity contribution in [1.82, 2.24) is 14.5 Å². The van der Waals surface area contributed by atoms with Gasteiger partial charge in [-0.1, -0.05) is 6.07 Å². The first-order valence-corrected chi connectivity index (χ1v) is 9.73. The normalized spacial score (nSPS) is 12.6. The number of benzene rings is 1. The largest absolute Gasteiger partial charge is 0.449 e. The molecule has 1 atom stereocenters. The van der Waals surface area contributed by atoms with Crippen molar-refractivity contribution in [1.29, 1.82) is 0 Å². The maximum Gasteiger partial charge on any atom is 0.338 e. The van der Waals surface area contributed by atoms with Crippen molar-refractivity contribution in [3.05, 3.63) is 42.1 Å². The van der Waals surface area contributed by atoms with Gasteiger partial charge in [-0.2, -0.15) is 5.10 Å². The molecule has 0 aliphatic rings. The van der Waals surface area contributed by atoms with E-state index in [4.69, 9.17) is 4.74 Å². The molecule has 2 rings (SSSR count). The summed E-state index contributed by atoms with van der Waals surface area (Å²) in [5.41, 5.74) is 0.0261. The first-order chi connectivity index (χ1) is 12.7. The summed E-state index contributed by atoms with van der Waals surface area (Å²) in [5, 5.41) is 6.76. The van der Waals surface area contributed by atoms with Gasteiger partial charge in [-0.3, -0.25) is 4.79 Å². The van der Waals surface area contributed by atoms with Gasteiger partial charge in [-0.15, -0.1) is 0 Å². The number of rotatable bonds is 7. The lowest BCUT2D eigenvalue weighted by Gasteiger charge is -2.16. The smallest absolute Gasteiger partial charge is 0.338 e. The SMILES string of the molecule is CNS(=O)(=O)c1cccc(C(=O)O[C@@H](C)C(=O)Nc2ccnn2C(C)C)c1. The number of nitrogens with one attached hydrogen (secondary N) is 2. The number of carbonyl (C=O) groups excluding carboxylic acids is 2. The van der Waals surface area contributed by atoms with Gasteiger partial charge in [-0.05, 0) is 46.0 Å². The summed E-state index contributed by atoms with van der Waals surface area (Å²) < 4.78 is 32.6. The zero-order valence-electron chi connectivity index (χ0n) is 15.5. The highest BCUT2D eigenvalue weighted by molar-refractivity contribution is 7.89. The summed E-state index contributed by atoms with van der Waals surface area (Å²) >= 11 is 0. The summed E-state index contributed by atoms with van der Waals surface area (Å²) in [6.07, 6.45) is 0.470. The fourth-order valence-electron chi connectivity index (χ4n) is 2.24. The van der Waals surface area contributed by atoms with E-state index in [1.165, 1.54) is 38.2 Å². The molecule has 9 nitrogen and oxygen atoms in total. The molecule has 27 heavy (non-hydrogen) atoms. The minimum atomic E-state index is -3.69. The van der Waals surface area contributed by atoms with Crippen LogP contribution in [-0.4, -0.2) is 43.2 Å². The minimum Gasteiger partial charge on any atom is -0.449 e. The third kappa shape index (κ3) is 4.92. The number of aromatic nitrogens is 2. The predicted molar refractivity (Wildman–Crippen MR) is 98.8 cm³/mol. The highest BCUT2D eigenvalue weighted by Gasteiger charge is 2.22. The molecule has 10 heteroatoms. The molecule has 2 aromatic rings. The van der Waals surface area contributed by atoms with Gasteiger partial charge in [0.2, 0.25) is 10.0 Å². The number of amides is 1. The van der Waals surface area contributed by atoms with Gasteiger partial charge in [0.15, 0.2) is 6.10 Å². The molecule has 0 unspecified atom stereocenters. The second-order valence-corrected chi connectivity index (χ2v) is 7.91. The van der Waals surface area contributed by atoms with E-state index in [0.29, 0.717) is 5.82 Å². The van der Waals surface area contributed by atoms with Crippen molar-refractivity contribution >= 4 is 27.7 Å². The number of ether oxygens (including phenoxy) is 1. The second kappa shape index (κ2) is 8.31. The molecule has 1 aromatic heterocycles. The van der Waals surface area contributed by atoms with E-state index in [2.05, 4.69) is 15.1 Å². The number of esters is 1. The molecular formula is C17H22N4O5S. The predicted octanol–water partition coefficient (Wildman–Crippen LogP) is 1.56. The van der Waals surface area contributed by atoms with Crippen LogP contribution in [-0.2, 0) is 19.6 Å². The summed E-state index contributed by atoms with van der Waals surface area (Å²) in [4.78, 5) is 24.5. The topological polar surface area (TPSA) is 119 Å². The van der Waals surface area contributed by atoms with E-state index in [0.717, 1.165) is 0 Å². The molecule has 2 N–H and O–H groups in total. The molecule has 1 heterocycles. The maximum atomic E-state index is 12.3. The molecule has 0 radical (unpaired) electrons. The van der Waals surface area contributed by atoms with Gasteiger partial charge in [-0.25, -0.2) is 22.6 Å². The Morgan fingerprint density at radius 2 is 1.89 bits per heavy atom. The van der Waals surface area contributed by atoms with Gasteiger partial charge in [0.25, 0.3) is 5.91 Å². The number of anilines is 1. The third-order valence-electron chi connectivity index (χ3n) is 3.71. The third-order valence-corrected chi connectivity index (χ3v) is 5.12. The van der Waals surface area contributed by atoms with Crippen molar-refractivity contribution in [3.63, 3.8) is 0 Å². The molecule has 0 saturated heterocycles. The average molecular weight is 394 g/mol. The Morgan fingerprint density at radius 3 is 2.52 bits per heavy atom. The minimum absolute atomic E-state index is 0.0261. The van der Waals surface area contributed by atoms with Crippen molar-refractivity contribution in [2.45, 2.75) is 37.8 Å². The summed E-state index contributed by atoms with van der Waals surface area (Å²) in [6.45, 7) is 5.26. The Kier molecular flexibility index (Phi) is 6.34. The van der Waals surface area contributed by atoms with Gasteiger partial charge >= 0.3 is 5.97 Å². The number of hydrogen-bond acceptors (Lipinski definition) is 6. The Bertz CT molecular complexity index is 936. The van der Waals surface area contributed by atoms with Gasteiger partial charge in [0.05, 0.1) is 16.7 Å². The van der Waals surface area contributed by atoms with Gasteiger partial charge in [0.1, 0.15) is 5.82 Å². The fourth-order valence-corrected chi connectivity index (χ4v) is 3.02. The molecule has 0 aliphatic carbocycles. The van der Waals surface area contributed by atoms with Crippen LogP contribution in [0.25, 0.3) is 0 Å². The van der Waals surface area contributed by atoms with Crippen molar-refractivity contribution in [3.8, 4) is 0 Å². The fraction of sp³-hybridized carbons (Fsp3) is 0.353. The molecule has 0 saturated carbocycles. The van der Waals surface area contributed by atoms with E-state index < -0.39 is 28.0 Å². The van der Waals surface area contributed by atoms with Crippen LogP contribution in [0.4, 0.5) is 5.82 Å². The summed E-state index contributed by atoms with van der Waals surface area (Å²) in [5.74, 6) is -0.840. The molecule has 1 amide bonds. The first kappa shape index (κ1) is 20.6. The zero-order valence-corrected chi connectivity index (χ0v) is 16.3. The lowest BCUT2D eigenvalue weighted by Crippen LogP contribution is -2.31. The van der Waals surface area contributed by atoms with Crippen LogP contribution < -0.4 is 10.0 Å². The van der Waals surface area contributed by atoms with Crippen LogP contribution >= 0.6 is 0 Å². The number of sulfonamides is 1. The molecular weight excluding hydrogens is 372 g/mol. The number of carbonyl (C=O) groups is 2. The maximum absolute atomic E-state index is 12.3. The standard InChI is InChI=1S/C17H22N4O5S/c1-11(2)21-15(8-9-19-21)20-16(22)12(3)26-17(23)13-6-5-7-14(10-13)27(24,25)18-4/h5-12,18H,1-4H3,(H,20,22)/t12-/m0/s1. The summed E-state index contributed by atoms with van der Waals surface area (Å²) in [7, 11) is -2.42. The van der Waals surface area contributed by atoms with Crippen LogP contribution in [0.1, 0.15) is 37.2 Å². The van der Waals surface area contributed by atoms with E-state index in [9.17, 15) is 18.0 Å². The van der Waals surface area contributed by atoms with E-state index in [-0.39, 0.29) is 16.5 Å². The molecule has 1 aromatic carbocycles. The average Bonchev–Trinajstić information content (AvgIpc) is 3.10. The molecule has 146 valence electrons. The Labute approximate surface area is 157 Å². The van der Waals surface area contributed by atoms with E-state index in [1.54, 1.807) is 16.9 Å². The molecule has 0 bridgehead atoms. The molecule has 0 fully saturated rings. The quantitative estimate of drug-likeness (QED) is 0.688. The van der Waals surface area contributed by atoms with Gasteiger partial charge in [0, 0.05) is 12.1 Å². The van der Waals surface area contributed by atoms with Crippen molar-refractivity contribution in [2.24, 2.45) is 0 Å². The van der Waals surface area contributed by atoms with Crippen LogP contribution in [0, 0.1) is 0 Å².